The van der Waals surface area contributed by atoms with Gasteiger partial charge in [-0.25, -0.2) is 51.5 Å². The third-order valence-electron chi connectivity index (χ3n) is 31.1. The molecule has 10 aliphatic heterocycles. The van der Waals surface area contributed by atoms with Gasteiger partial charge in [0.25, 0.3) is 0 Å². The highest BCUT2D eigenvalue weighted by Gasteiger charge is 2.34. The van der Waals surface area contributed by atoms with E-state index in [0.717, 1.165) is 354 Å². The van der Waals surface area contributed by atoms with Crippen LogP contribution >= 0.6 is 0 Å². The molecule has 0 aliphatic carbocycles. The summed E-state index contributed by atoms with van der Waals surface area (Å²) in [5, 5.41) is 34.0. The fraction of sp³-hybridized carbons (Fsp3) is 0.870. The molecule has 0 spiro atoms. The first-order valence-corrected chi connectivity index (χ1v) is 57.4. The predicted molar refractivity (Wildman–Crippen MR) is 579 cm³/mol. The largest absolute Gasteiger partial charge is 0.396 e. The number of nitrogens with two attached hydrogens (primary N) is 1. The Morgan fingerprint density at radius 3 is 0.930 bits per heavy atom. The number of likely N-dealkylation sites (N-methyl/N-ethyl adjacent to an activating group) is 1. The molecular weight excluding hydrogens is 1830 g/mol. The number of aromatic nitrogens is 1. The Morgan fingerprint density at radius 2 is 0.657 bits per heavy atom. The highest BCUT2D eigenvalue weighted by Crippen LogP contribution is 2.33. The van der Waals surface area contributed by atoms with Crippen molar-refractivity contribution in [2.75, 3.05) is 231 Å². The molecule has 11 heterocycles. The lowest BCUT2D eigenvalue weighted by atomic mass is 9.86. The number of hydrogen-bond acceptors (Lipinski definition) is 16. The Hall–Kier alpha value is -7.47. The van der Waals surface area contributed by atoms with Gasteiger partial charge in [0.05, 0.1) is 19.5 Å². The van der Waals surface area contributed by atoms with Crippen LogP contribution in [0.1, 0.15) is 272 Å². The number of aliphatic hydroxyl groups excluding tert-OH is 2. The molecule has 35 heteroatoms. The average Bonchev–Trinajstić information content (AvgIpc) is 1.82. The normalized spacial score (nSPS) is 18.7. The van der Waals surface area contributed by atoms with E-state index in [0.29, 0.717) is 69.4 Å². The van der Waals surface area contributed by atoms with Crippen LogP contribution in [0, 0.1) is 107 Å². The minimum atomic E-state index is -3.18. The number of primary amides is 1. The van der Waals surface area contributed by atoms with Crippen LogP contribution in [0.25, 0.3) is 0 Å². The van der Waals surface area contributed by atoms with E-state index in [-0.39, 0.29) is 67.9 Å². The number of carbonyl (C=O) groups excluding carboxylic acids is 9. The zero-order chi connectivity index (χ0) is 107. The predicted octanol–water partition coefficient (Wildman–Crippen LogP) is 15.1. The van der Waals surface area contributed by atoms with Crippen LogP contribution in [0.3, 0.4) is 0 Å². The summed E-state index contributed by atoms with van der Waals surface area (Å²) in [6.07, 6.45) is 27.6. The standard InChI is InChI=1S/C16H24N2O.C13H27N3O.C13H24N2O.C12H25N3O3S.2C12H24N2O2.C11H22N2O2.C10H20N2O.C9H18N2O/c1-13(2)14-8-11-18(12-9-14)16(19)7-6-15-5-3-4-10-17-15;1-11(2)12-5-8-16(9-6-12)13(17)14-7-10-15(3)4;1-11(2)12-5-9-15(10-6-12)13(16)14-7-3-4-8-14;1-10(2)11-4-8-15(9-5-11)12(16)13-6-7-14-19(3,17)18;1-10(2)11-4-7-14(8-5-11)12(15)13-6-9-16-3;1-10(2)11-4-7-14(8-5-11)12(16)13-6-3-9-15;1-9(2)10-3-6-13(7-4-10)11(15)12-5-8-14;1-8(2)9-4-6-12(7-5-9)10(13)11-3;1-7(2)8-3-5-11(6-4-8)9(10)12/h3-5,10,13-14H,6-9,11-12H2,1-2H3;11-12H,5-10H2,1-4H3,(H,14,17);11-12H,3-10H2,1-2H3;10-11,14H,4-9H2,1-3H3,(H,13,16);10-11H,4-9H2,1-3H3,(H,13,15);10-11,15H,3-9H2,1-2H3,(H,13,16);9-10,14H,3-8H2,1-2H3,(H,12,15);8-9H,4-7H2,1-3H3,(H,11,13);7-8H,3-6H2,1-2H3,(H2,10,12). The Morgan fingerprint density at radius 1 is 0.378 bits per heavy atom. The number of hydrogen-bond donors (Lipinski definition) is 10. The number of aliphatic hydroxyl groups is 2. The van der Waals surface area contributed by atoms with Gasteiger partial charge in [0, 0.05) is 216 Å². The lowest BCUT2D eigenvalue weighted by Crippen LogP contribution is -2.46. The third-order valence-corrected chi connectivity index (χ3v) is 31.8. The van der Waals surface area contributed by atoms with Gasteiger partial charge in [0.15, 0.2) is 0 Å². The monoisotopic (exact) mass is 2040 g/mol. The van der Waals surface area contributed by atoms with Crippen molar-refractivity contribution in [2.45, 2.75) is 272 Å². The molecule has 10 fully saturated rings. The number of piperidine rings is 9. The summed E-state index contributed by atoms with van der Waals surface area (Å²) in [6.45, 7) is 63.0. The van der Waals surface area contributed by atoms with Gasteiger partial charge < -0.3 is 106 Å². The molecule has 0 unspecified atom stereocenters. The molecule has 1 aromatic heterocycles. The number of likely N-dealkylation sites (tertiary alicyclic amines) is 10. The maximum Gasteiger partial charge on any atom is 0.319 e. The smallest absolute Gasteiger partial charge is 0.319 e. The molecule has 0 aromatic carbocycles. The summed E-state index contributed by atoms with van der Waals surface area (Å²) in [4.78, 5) is 130. The number of rotatable bonds is 27. The lowest BCUT2D eigenvalue weighted by molar-refractivity contribution is -0.132. The van der Waals surface area contributed by atoms with E-state index < -0.39 is 10.0 Å². The molecule has 11 N–H and O–H groups in total. The minimum absolute atomic E-state index is 0.00813. The molecular formula is C108H208N20O14S. The van der Waals surface area contributed by atoms with Crippen molar-refractivity contribution in [3.63, 3.8) is 0 Å². The van der Waals surface area contributed by atoms with E-state index in [4.69, 9.17) is 20.7 Å². The zero-order valence-electron chi connectivity index (χ0n) is 93.8. The van der Waals surface area contributed by atoms with Crippen molar-refractivity contribution in [1.29, 1.82) is 0 Å². The Balaban J connectivity index is 0.000000415. The van der Waals surface area contributed by atoms with Crippen LogP contribution in [-0.4, -0.2) is 363 Å². The minimum Gasteiger partial charge on any atom is -0.396 e. The number of aryl methyl sites for hydroxylation is 1. The Kier molecular flexibility index (Phi) is 66.0. The van der Waals surface area contributed by atoms with Gasteiger partial charge in [-0.2, -0.15) is 0 Å². The van der Waals surface area contributed by atoms with Gasteiger partial charge in [-0.05, 0) is 274 Å². The van der Waals surface area contributed by atoms with Gasteiger partial charge in [-0.15, -0.1) is 0 Å². The van der Waals surface area contributed by atoms with Crippen LogP contribution < -0.4 is 42.4 Å². The van der Waals surface area contributed by atoms with Crippen molar-refractivity contribution in [3.05, 3.63) is 30.1 Å². The summed E-state index contributed by atoms with van der Waals surface area (Å²) in [7, 11) is 4.18. The second-order valence-corrected chi connectivity index (χ2v) is 46.5. The summed E-state index contributed by atoms with van der Waals surface area (Å²) < 4.78 is 28.9. The summed E-state index contributed by atoms with van der Waals surface area (Å²) in [5.74, 6) is 13.9. The zero-order valence-corrected chi connectivity index (χ0v) is 94.6. The summed E-state index contributed by atoms with van der Waals surface area (Å²) in [5.41, 5.74) is 6.18. The van der Waals surface area contributed by atoms with Crippen LogP contribution in [0.15, 0.2) is 24.4 Å². The number of ether oxygens (including phenoxy) is 1. The lowest BCUT2D eigenvalue weighted by Gasteiger charge is -2.35. The Labute approximate surface area is 867 Å². The van der Waals surface area contributed by atoms with E-state index in [1.165, 1.54) is 25.7 Å². The van der Waals surface area contributed by atoms with Crippen LogP contribution in [0.2, 0.25) is 0 Å². The first kappa shape index (κ1) is 130. The molecule has 10 aliphatic rings. The van der Waals surface area contributed by atoms with Crippen molar-refractivity contribution in [2.24, 2.45) is 112 Å². The van der Waals surface area contributed by atoms with Gasteiger partial charge >= 0.3 is 48.2 Å². The fourth-order valence-electron chi connectivity index (χ4n) is 20.2. The van der Waals surface area contributed by atoms with Gasteiger partial charge in [-0.3, -0.25) is 9.78 Å². The third kappa shape index (κ3) is 54.3. The molecule has 0 saturated carbocycles. The molecule has 10 saturated heterocycles. The molecule has 17 amide bonds. The van der Waals surface area contributed by atoms with Gasteiger partial charge in [-0.1, -0.05) is 131 Å². The molecule has 1 aromatic rings. The van der Waals surface area contributed by atoms with Gasteiger partial charge in [0.1, 0.15) is 0 Å². The van der Waals surface area contributed by atoms with Gasteiger partial charge in [0.2, 0.25) is 15.9 Å². The number of amides is 17. The number of sulfonamides is 1. The van der Waals surface area contributed by atoms with Crippen molar-refractivity contribution in [3.8, 4) is 0 Å². The highest BCUT2D eigenvalue weighted by molar-refractivity contribution is 7.88. The number of pyridine rings is 1. The summed E-state index contributed by atoms with van der Waals surface area (Å²) >= 11 is 0. The topological polar surface area (TPSA) is 396 Å². The first-order valence-electron chi connectivity index (χ1n) is 55.5. The first-order chi connectivity index (χ1) is 67.8. The number of carbonyl (C=O) groups is 9. The number of methoxy groups -OCH3 is 1. The summed E-state index contributed by atoms with van der Waals surface area (Å²) in [6, 6.07) is 6.01. The number of urea groups is 8. The molecule has 0 radical (unpaired) electrons. The van der Waals surface area contributed by atoms with Crippen LogP contribution in [-0.2, 0) is 26.0 Å². The maximum absolute atomic E-state index is 12.1. The van der Waals surface area contributed by atoms with Crippen LogP contribution in [0.5, 0.6) is 0 Å². The van der Waals surface area contributed by atoms with Crippen molar-refractivity contribution >= 4 is 64.2 Å². The van der Waals surface area contributed by atoms with Crippen molar-refractivity contribution in [1.82, 2.24) is 95.5 Å². The van der Waals surface area contributed by atoms with E-state index in [9.17, 15) is 51.6 Å². The SMILES string of the molecule is CC(C)C1CCN(C(=O)CCc2ccccn2)CC1.CC(C)C1CCN(C(=O)N2CCCC2)CC1.CC(C)C1CCN(C(=O)NCCCO)CC1.CC(C)C1CCN(C(=O)NCCN(C)C)CC1.CC(C)C1CCN(C(=O)NCCNS(C)(=O)=O)CC1.CC(C)C1CCN(C(=O)NCCO)CC1.CC(C)C1CCN(C(N)=O)CC1.CNC(=O)N1CCC(C(C)C)CC1.COCCNC(=O)N1CCC(C(C)C)CC1. The van der Waals surface area contributed by atoms with Crippen LogP contribution in [0.4, 0.5) is 38.4 Å². The second-order valence-electron chi connectivity index (χ2n) is 44.6. The molecule has 830 valence electrons. The van der Waals surface area contributed by atoms with E-state index >= 15 is 0 Å². The quantitative estimate of drug-likeness (QED) is 0.0366. The number of nitrogens with one attached hydrogen (secondary N) is 7. The molecule has 0 bridgehead atoms. The van der Waals surface area contributed by atoms with E-state index in [2.05, 4.69) is 176 Å². The molecule has 143 heavy (non-hydrogen) atoms. The van der Waals surface area contributed by atoms with E-state index in [1.807, 2.05) is 66.6 Å². The molecule has 11 rings (SSSR count). The maximum atomic E-state index is 12.1. The number of nitrogens with zero attached hydrogens (tertiary/aromatic N) is 12. The van der Waals surface area contributed by atoms with Crippen molar-refractivity contribution < 1.29 is 66.5 Å². The average molecular weight is 2040 g/mol. The highest BCUT2D eigenvalue weighted by atomic mass is 32.2. The Bertz CT molecular complexity index is 3640. The second kappa shape index (κ2) is 72.8. The molecule has 34 nitrogen and oxygen atoms in total. The fourth-order valence-corrected chi connectivity index (χ4v) is 20.7. The van der Waals surface area contributed by atoms with E-state index in [1.54, 1.807) is 30.2 Å². The molecule has 0 atom stereocenters.